The minimum absolute atomic E-state index is 0.0925. The quantitative estimate of drug-likeness (QED) is 0.642. The predicted molar refractivity (Wildman–Crippen MR) is 52.7 cm³/mol. The van der Waals surface area contributed by atoms with Crippen LogP contribution in [0.2, 0.25) is 0 Å². The van der Waals surface area contributed by atoms with E-state index in [0.717, 1.165) is 0 Å². The van der Waals surface area contributed by atoms with Crippen molar-refractivity contribution in [2.75, 3.05) is 33.8 Å². The van der Waals surface area contributed by atoms with Crippen LogP contribution in [0.1, 0.15) is 13.8 Å². The lowest BCUT2D eigenvalue weighted by Gasteiger charge is -2.17. The van der Waals surface area contributed by atoms with E-state index in [2.05, 4.69) is 5.32 Å². The van der Waals surface area contributed by atoms with E-state index in [1.54, 1.807) is 19.0 Å². The van der Waals surface area contributed by atoms with Crippen LogP contribution in [0.5, 0.6) is 0 Å². The van der Waals surface area contributed by atoms with Crippen LogP contribution in [-0.2, 0) is 9.53 Å². The Balaban J connectivity index is 3.49. The fourth-order valence-electron chi connectivity index (χ4n) is 0.836. The molecule has 78 valence electrons. The smallest absolute Gasteiger partial charge is 0.236 e. The minimum Gasteiger partial charge on any atom is -0.377 e. The topological polar surface area (TPSA) is 41.6 Å². The maximum atomic E-state index is 11.2. The van der Waals surface area contributed by atoms with Crippen molar-refractivity contribution in [1.29, 1.82) is 0 Å². The number of nitrogens with zero attached hydrogens (tertiary/aromatic N) is 1. The zero-order valence-electron chi connectivity index (χ0n) is 8.96. The van der Waals surface area contributed by atoms with Crippen molar-refractivity contribution in [2.45, 2.75) is 20.0 Å². The van der Waals surface area contributed by atoms with E-state index in [1.807, 2.05) is 13.8 Å². The van der Waals surface area contributed by atoms with Gasteiger partial charge in [-0.2, -0.15) is 0 Å². The average molecular weight is 188 g/mol. The molecule has 0 aromatic rings. The molecule has 0 bridgehead atoms. The second-order valence-electron chi connectivity index (χ2n) is 3.27. The molecule has 0 heterocycles. The zero-order chi connectivity index (χ0) is 10.3. The Labute approximate surface area is 80.2 Å². The Hall–Kier alpha value is -0.610. The summed E-state index contributed by atoms with van der Waals surface area (Å²) >= 11 is 0. The molecule has 1 N–H and O–H groups in total. The van der Waals surface area contributed by atoms with E-state index in [0.29, 0.717) is 19.7 Å². The molecule has 4 heteroatoms. The molecule has 0 radical (unpaired) electrons. The van der Waals surface area contributed by atoms with Crippen LogP contribution in [-0.4, -0.2) is 50.7 Å². The van der Waals surface area contributed by atoms with Crippen molar-refractivity contribution >= 4 is 5.91 Å². The molecule has 0 unspecified atom stereocenters. The molecule has 0 saturated carbocycles. The summed E-state index contributed by atoms with van der Waals surface area (Å²) < 4.78 is 5.33. The van der Waals surface area contributed by atoms with E-state index < -0.39 is 0 Å². The third kappa shape index (κ3) is 6.54. The molecule has 0 aromatic carbocycles. The maximum absolute atomic E-state index is 11.2. The highest BCUT2D eigenvalue weighted by Crippen LogP contribution is 1.89. The van der Waals surface area contributed by atoms with Gasteiger partial charge in [0.1, 0.15) is 0 Å². The summed E-state index contributed by atoms with van der Waals surface area (Å²) in [4.78, 5) is 12.9. The first-order valence-electron chi connectivity index (χ1n) is 4.58. The van der Waals surface area contributed by atoms with Gasteiger partial charge >= 0.3 is 0 Å². The molecule has 0 aliphatic heterocycles. The summed E-state index contributed by atoms with van der Waals surface area (Å²) in [6.45, 7) is 5.60. The Kier molecular flexibility index (Phi) is 6.54. The first-order valence-corrected chi connectivity index (χ1v) is 4.58. The third-order valence-corrected chi connectivity index (χ3v) is 1.63. The van der Waals surface area contributed by atoms with Crippen molar-refractivity contribution < 1.29 is 9.53 Å². The van der Waals surface area contributed by atoms with Gasteiger partial charge in [-0.1, -0.05) is 0 Å². The molecular weight excluding hydrogens is 168 g/mol. The number of amides is 1. The SMILES string of the molecule is CNCC(=O)N(C)CCOC(C)C. The average Bonchev–Trinajstić information content (AvgIpc) is 2.04. The van der Waals surface area contributed by atoms with E-state index in [1.165, 1.54) is 0 Å². The second-order valence-corrected chi connectivity index (χ2v) is 3.27. The zero-order valence-corrected chi connectivity index (χ0v) is 8.96. The number of rotatable bonds is 6. The molecule has 0 saturated heterocycles. The summed E-state index contributed by atoms with van der Waals surface area (Å²) in [6, 6.07) is 0. The van der Waals surface area contributed by atoms with Gasteiger partial charge in [-0.3, -0.25) is 4.79 Å². The van der Waals surface area contributed by atoms with E-state index in [-0.39, 0.29) is 12.0 Å². The first-order chi connectivity index (χ1) is 6.07. The van der Waals surface area contributed by atoms with Crippen LogP contribution in [0.3, 0.4) is 0 Å². The summed E-state index contributed by atoms with van der Waals surface area (Å²) in [5.41, 5.74) is 0. The molecule has 0 fully saturated rings. The highest BCUT2D eigenvalue weighted by molar-refractivity contribution is 5.77. The van der Waals surface area contributed by atoms with Gasteiger partial charge < -0.3 is 15.0 Å². The van der Waals surface area contributed by atoms with Crippen molar-refractivity contribution in [3.05, 3.63) is 0 Å². The van der Waals surface area contributed by atoms with Gasteiger partial charge in [-0.15, -0.1) is 0 Å². The van der Waals surface area contributed by atoms with E-state index in [9.17, 15) is 4.79 Å². The number of nitrogens with one attached hydrogen (secondary N) is 1. The van der Waals surface area contributed by atoms with Gasteiger partial charge in [0, 0.05) is 13.6 Å². The molecule has 0 atom stereocenters. The molecular formula is C9H20N2O2. The lowest BCUT2D eigenvalue weighted by molar-refractivity contribution is -0.129. The van der Waals surface area contributed by atoms with E-state index >= 15 is 0 Å². The van der Waals surface area contributed by atoms with Gasteiger partial charge in [-0.05, 0) is 20.9 Å². The van der Waals surface area contributed by atoms with Crippen LogP contribution in [0.15, 0.2) is 0 Å². The monoisotopic (exact) mass is 188 g/mol. The van der Waals surface area contributed by atoms with Crippen LogP contribution in [0.25, 0.3) is 0 Å². The van der Waals surface area contributed by atoms with E-state index in [4.69, 9.17) is 4.74 Å². The summed E-state index contributed by atoms with van der Waals surface area (Å²) in [7, 11) is 3.54. The van der Waals surface area contributed by atoms with Gasteiger partial charge in [-0.25, -0.2) is 0 Å². The van der Waals surface area contributed by atoms with Gasteiger partial charge in [0.15, 0.2) is 0 Å². The molecule has 0 aromatic heterocycles. The highest BCUT2D eigenvalue weighted by Gasteiger charge is 2.06. The summed E-state index contributed by atoms with van der Waals surface area (Å²) in [6.07, 6.45) is 0.229. The largest absolute Gasteiger partial charge is 0.377 e. The van der Waals surface area contributed by atoms with Crippen LogP contribution in [0, 0.1) is 0 Å². The van der Waals surface area contributed by atoms with Crippen LogP contribution in [0.4, 0.5) is 0 Å². The molecule has 0 aliphatic rings. The molecule has 1 amide bonds. The van der Waals surface area contributed by atoms with Crippen LogP contribution >= 0.6 is 0 Å². The maximum Gasteiger partial charge on any atom is 0.236 e. The lowest BCUT2D eigenvalue weighted by atomic mass is 10.4. The Morgan fingerprint density at radius 1 is 1.54 bits per heavy atom. The van der Waals surface area contributed by atoms with Crippen molar-refractivity contribution in [2.24, 2.45) is 0 Å². The number of ether oxygens (including phenoxy) is 1. The predicted octanol–water partition coefficient (Wildman–Crippen LogP) is 0.0892. The number of carbonyl (C=O) groups excluding carboxylic acids is 1. The molecule has 0 rings (SSSR count). The second kappa shape index (κ2) is 6.86. The Morgan fingerprint density at radius 2 is 2.15 bits per heavy atom. The standard InChI is InChI=1S/C9H20N2O2/c1-8(2)13-6-5-11(4)9(12)7-10-3/h8,10H,5-7H2,1-4H3. The normalized spacial score (nSPS) is 10.5. The number of likely N-dealkylation sites (N-methyl/N-ethyl adjacent to an activating group) is 2. The molecule has 0 spiro atoms. The molecule has 4 nitrogen and oxygen atoms in total. The Bertz CT molecular complexity index is 149. The lowest BCUT2D eigenvalue weighted by Crippen LogP contribution is -2.36. The third-order valence-electron chi connectivity index (χ3n) is 1.63. The Morgan fingerprint density at radius 3 is 2.62 bits per heavy atom. The van der Waals surface area contributed by atoms with Crippen molar-refractivity contribution in [3.63, 3.8) is 0 Å². The first kappa shape index (κ1) is 12.4. The number of hydrogen-bond acceptors (Lipinski definition) is 3. The summed E-state index contributed by atoms with van der Waals surface area (Å²) in [5.74, 6) is 0.0925. The minimum atomic E-state index is 0.0925. The number of carbonyl (C=O) groups is 1. The van der Waals surface area contributed by atoms with Crippen LogP contribution < -0.4 is 5.32 Å². The molecule has 0 aliphatic carbocycles. The van der Waals surface area contributed by atoms with Crippen molar-refractivity contribution in [3.8, 4) is 0 Å². The van der Waals surface area contributed by atoms with Gasteiger partial charge in [0.05, 0.1) is 19.3 Å². The highest BCUT2D eigenvalue weighted by atomic mass is 16.5. The van der Waals surface area contributed by atoms with Gasteiger partial charge in [0.25, 0.3) is 0 Å². The van der Waals surface area contributed by atoms with Gasteiger partial charge in [0.2, 0.25) is 5.91 Å². The molecule has 13 heavy (non-hydrogen) atoms. The fraction of sp³-hybridized carbons (Fsp3) is 0.889. The fourth-order valence-corrected chi connectivity index (χ4v) is 0.836. The summed E-state index contributed by atoms with van der Waals surface area (Å²) in [5, 5.41) is 2.82. The van der Waals surface area contributed by atoms with Crippen molar-refractivity contribution in [1.82, 2.24) is 10.2 Å². The number of hydrogen-bond donors (Lipinski definition) is 1.